The Morgan fingerprint density at radius 1 is 1.12 bits per heavy atom. The summed E-state index contributed by atoms with van der Waals surface area (Å²) in [6.45, 7) is 7.66. The van der Waals surface area contributed by atoms with Crippen LogP contribution in [0.25, 0.3) is 22.3 Å². The lowest BCUT2D eigenvalue weighted by Gasteiger charge is -2.19. The molecule has 0 saturated heterocycles. The van der Waals surface area contributed by atoms with Gasteiger partial charge in [-0.2, -0.15) is 5.10 Å². The van der Waals surface area contributed by atoms with Crippen LogP contribution in [0.1, 0.15) is 42.2 Å². The summed E-state index contributed by atoms with van der Waals surface area (Å²) >= 11 is 7.79. The Labute approximate surface area is 241 Å². The monoisotopic (exact) mass is 575 g/mol. The highest BCUT2D eigenvalue weighted by Gasteiger charge is 2.22. The van der Waals surface area contributed by atoms with Gasteiger partial charge in [0.15, 0.2) is 11.2 Å². The Morgan fingerprint density at radius 3 is 2.65 bits per heavy atom. The molecule has 9 heteroatoms. The van der Waals surface area contributed by atoms with Crippen LogP contribution in [0.4, 0.5) is 0 Å². The van der Waals surface area contributed by atoms with Gasteiger partial charge in [0, 0.05) is 23.1 Å². The Kier molecular flexibility index (Phi) is 8.30. The highest BCUT2D eigenvalue weighted by Crippen LogP contribution is 2.36. The van der Waals surface area contributed by atoms with E-state index in [2.05, 4.69) is 22.2 Å². The van der Waals surface area contributed by atoms with Crippen LogP contribution in [0, 0.1) is 13.8 Å². The van der Waals surface area contributed by atoms with Crippen molar-refractivity contribution in [2.75, 3.05) is 0 Å². The van der Waals surface area contributed by atoms with Crippen LogP contribution in [0.2, 0.25) is 5.15 Å². The molecule has 2 aromatic carbocycles. The number of hydrogen-bond acceptors (Lipinski definition) is 7. The van der Waals surface area contributed by atoms with Gasteiger partial charge in [0.2, 0.25) is 0 Å². The van der Waals surface area contributed by atoms with E-state index in [1.165, 1.54) is 5.56 Å². The predicted octanol–water partition coefficient (Wildman–Crippen LogP) is 7.13. The molecule has 0 bridgehead atoms. The summed E-state index contributed by atoms with van der Waals surface area (Å²) in [7, 11) is 0. The van der Waals surface area contributed by atoms with Gasteiger partial charge >= 0.3 is 0 Å². The third kappa shape index (κ3) is 6.09. The largest absolute Gasteiger partial charge is 0.483 e. The number of halogens is 1. The second-order valence-corrected chi connectivity index (χ2v) is 11.2. The number of aryl methyl sites for hydroxylation is 1. The smallest absolute Gasteiger partial charge is 0.196 e. The molecule has 5 rings (SSSR count). The van der Waals surface area contributed by atoms with E-state index in [-0.39, 0.29) is 5.43 Å². The number of rotatable bonds is 9. The fraction of sp³-hybridized carbons (Fsp3) is 0.258. The third-order valence-electron chi connectivity index (χ3n) is 6.49. The predicted molar refractivity (Wildman–Crippen MR) is 159 cm³/mol. The van der Waals surface area contributed by atoms with E-state index in [1.54, 1.807) is 48.8 Å². The molecule has 7 nitrogen and oxygen atoms in total. The van der Waals surface area contributed by atoms with Crippen LogP contribution in [0.5, 0.6) is 5.75 Å². The molecule has 3 heterocycles. The molecular weight excluding hydrogens is 546 g/mol. The molecule has 206 valence electrons. The molecule has 0 aliphatic heterocycles. The molecule has 0 spiro atoms. The minimum Gasteiger partial charge on any atom is -0.483 e. The Morgan fingerprint density at radius 2 is 1.90 bits per heavy atom. The van der Waals surface area contributed by atoms with E-state index in [0.717, 1.165) is 11.1 Å². The van der Waals surface area contributed by atoms with Crippen LogP contribution in [-0.2, 0) is 12.3 Å². The van der Waals surface area contributed by atoms with Crippen LogP contribution >= 0.6 is 23.4 Å². The van der Waals surface area contributed by atoms with Crippen LogP contribution in [0.3, 0.4) is 0 Å². The number of ether oxygens (including phenoxy) is 1. The summed E-state index contributed by atoms with van der Waals surface area (Å²) in [5.74, 6) is 1.76. The van der Waals surface area contributed by atoms with Gasteiger partial charge in [-0.1, -0.05) is 53.7 Å². The summed E-state index contributed by atoms with van der Waals surface area (Å²) < 4.78 is 14.5. The van der Waals surface area contributed by atoms with Crippen molar-refractivity contribution in [3.63, 3.8) is 0 Å². The molecule has 0 unspecified atom stereocenters. The van der Waals surface area contributed by atoms with Crippen LogP contribution in [-0.4, -0.2) is 26.0 Å². The van der Waals surface area contributed by atoms with Gasteiger partial charge in [0.1, 0.15) is 27.6 Å². The minimum absolute atomic E-state index is 0.107. The van der Waals surface area contributed by atoms with Crippen LogP contribution < -0.4 is 10.2 Å². The quantitative estimate of drug-likeness (QED) is 0.148. The zero-order chi connectivity index (χ0) is 28.4. The molecule has 40 heavy (non-hydrogen) atoms. The number of pyridine rings is 1. The van der Waals surface area contributed by atoms with Crippen molar-refractivity contribution >= 4 is 34.3 Å². The SMILES string of the molecule is Cc1cc([C@@H](C)Oc2ccc(Cl)nc2SCc2ccccc2)c2oc(-c3cnn(C[C@@H](C)O)c3)c(C)c(=O)c2c1. The van der Waals surface area contributed by atoms with Gasteiger partial charge in [-0.25, -0.2) is 4.98 Å². The molecule has 0 aliphatic carbocycles. The van der Waals surface area contributed by atoms with Crippen molar-refractivity contribution in [2.45, 2.75) is 57.2 Å². The zero-order valence-electron chi connectivity index (χ0n) is 22.7. The molecule has 0 fully saturated rings. The van der Waals surface area contributed by atoms with Crippen molar-refractivity contribution in [2.24, 2.45) is 0 Å². The number of aliphatic hydroxyl groups is 1. The maximum atomic E-state index is 13.5. The summed E-state index contributed by atoms with van der Waals surface area (Å²) in [6, 6.07) is 17.5. The van der Waals surface area contributed by atoms with E-state index in [9.17, 15) is 9.90 Å². The normalized spacial score (nSPS) is 12.9. The van der Waals surface area contributed by atoms with Crippen molar-refractivity contribution in [3.8, 4) is 17.1 Å². The topological polar surface area (TPSA) is 90.4 Å². The summed E-state index contributed by atoms with van der Waals surface area (Å²) in [4.78, 5) is 18.0. The maximum absolute atomic E-state index is 13.5. The lowest BCUT2D eigenvalue weighted by Crippen LogP contribution is -2.12. The average molecular weight is 576 g/mol. The Balaban J connectivity index is 1.52. The van der Waals surface area contributed by atoms with Gasteiger partial charge in [0.25, 0.3) is 0 Å². The molecule has 5 aromatic rings. The number of fused-ring (bicyclic) bond motifs is 1. The lowest BCUT2D eigenvalue weighted by molar-refractivity contribution is 0.168. The first-order chi connectivity index (χ1) is 19.2. The highest BCUT2D eigenvalue weighted by atomic mass is 35.5. The van der Waals surface area contributed by atoms with Gasteiger partial charge in [-0.05, 0) is 63.1 Å². The second-order valence-electron chi connectivity index (χ2n) is 9.89. The fourth-order valence-electron chi connectivity index (χ4n) is 4.57. The second kappa shape index (κ2) is 11.9. The number of thioether (sulfide) groups is 1. The lowest BCUT2D eigenvalue weighted by atomic mass is 10.0. The third-order valence-corrected chi connectivity index (χ3v) is 7.74. The number of aromatic nitrogens is 3. The standard InChI is InChI=1S/C31H30ClN3O4S/c1-18-12-24(21(4)38-26-10-11-27(32)34-31(26)40-17-22-8-6-5-7-9-22)30-25(13-18)28(37)20(3)29(39-30)23-14-33-35(16-23)15-19(2)36/h5-14,16,19,21,36H,15,17H2,1-4H3/t19-,21-/m1/s1. The molecular formula is C31H30ClN3O4S. The van der Waals surface area contributed by atoms with Crippen molar-refractivity contribution < 1.29 is 14.3 Å². The Hall–Kier alpha value is -3.59. The van der Waals surface area contributed by atoms with Crippen LogP contribution in [0.15, 0.2) is 81.2 Å². The summed E-state index contributed by atoms with van der Waals surface area (Å²) in [5.41, 5.74) is 4.36. The van der Waals surface area contributed by atoms with Gasteiger partial charge in [0.05, 0.1) is 29.8 Å². The van der Waals surface area contributed by atoms with E-state index in [4.69, 9.17) is 20.8 Å². The first kappa shape index (κ1) is 28.0. The van der Waals surface area contributed by atoms with Crippen molar-refractivity contribution in [1.82, 2.24) is 14.8 Å². The van der Waals surface area contributed by atoms with Gasteiger partial charge in [-0.3, -0.25) is 9.48 Å². The number of nitrogens with zero attached hydrogens (tertiary/aromatic N) is 3. The number of aliphatic hydroxyl groups excluding tert-OH is 1. The first-order valence-electron chi connectivity index (χ1n) is 13.0. The maximum Gasteiger partial charge on any atom is 0.196 e. The molecule has 1 N–H and O–H groups in total. The Bertz CT molecular complexity index is 1720. The summed E-state index contributed by atoms with van der Waals surface area (Å²) in [6.07, 6.45) is 2.40. The van der Waals surface area contributed by atoms with Crippen molar-refractivity contribution in [1.29, 1.82) is 0 Å². The molecule has 0 aliphatic rings. The van der Waals surface area contributed by atoms with E-state index >= 15 is 0 Å². The summed E-state index contributed by atoms with van der Waals surface area (Å²) in [5, 5.41) is 15.6. The first-order valence-corrected chi connectivity index (χ1v) is 14.3. The van der Waals surface area contributed by atoms with E-state index in [1.807, 2.05) is 50.2 Å². The molecule has 2 atom stereocenters. The van der Waals surface area contributed by atoms with Gasteiger partial charge in [-0.15, -0.1) is 0 Å². The number of hydrogen-bond donors (Lipinski definition) is 1. The highest BCUT2D eigenvalue weighted by molar-refractivity contribution is 7.98. The van der Waals surface area contributed by atoms with E-state index < -0.39 is 12.2 Å². The number of benzene rings is 2. The molecule has 0 saturated carbocycles. The zero-order valence-corrected chi connectivity index (χ0v) is 24.3. The van der Waals surface area contributed by atoms with Crippen molar-refractivity contribution in [3.05, 3.63) is 105 Å². The fourth-order valence-corrected chi connectivity index (χ4v) is 5.69. The molecule has 0 amide bonds. The molecule has 0 radical (unpaired) electrons. The minimum atomic E-state index is -0.553. The molecule has 3 aromatic heterocycles. The van der Waals surface area contributed by atoms with Gasteiger partial charge < -0.3 is 14.3 Å². The average Bonchev–Trinajstić information content (AvgIpc) is 3.38. The van der Waals surface area contributed by atoms with E-state index in [0.29, 0.717) is 56.1 Å².